The Hall–Kier alpha value is -1.56. The summed E-state index contributed by atoms with van der Waals surface area (Å²) in [5.74, 6) is 0.180. The molecule has 0 radical (unpaired) electrons. The minimum Gasteiger partial charge on any atom is -0.484 e. The van der Waals surface area contributed by atoms with Gasteiger partial charge in [-0.1, -0.05) is 44.0 Å². The largest absolute Gasteiger partial charge is 0.484 e. The lowest BCUT2D eigenvalue weighted by Crippen LogP contribution is -2.34. The van der Waals surface area contributed by atoms with Crippen LogP contribution in [0.1, 0.15) is 35.3 Å². The number of hydrogen-bond acceptors (Lipinski definition) is 4. The highest BCUT2D eigenvalue weighted by Gasteiger charge is 2.21. The number of ether oxygens (including phenoxy) is 1. The van der Waals surface area contributed by atoms with E-state index in [1.807, 2.05) is 26.8 Å². The number of Topliss-reactive ketones (excluding diaryl/α,β-unsaturated/α-hetero) is 1. The maximum atomic E-state index is 12.2. The molecule has 0 aliphatic heterocycles. The lowest BCUT2D eigenvalue weighted by Gasteiger charge is -2.17. The van der Waals surface area contributed by atoms with Gasteiger partial charge in [-0.3, -0.25) is 9.59 Å². The van der Waals surface area contributed by atoms with Crippen LogP contribution in [0.15, 0.2) is 30.3 Å². The molecule has 0 fully saturated rings. The number of nitrogens with one attached hydrogen (secondary N) is 1. The molecule has 0 aliphatic rings. The molecule has 0 bridgehead atoms. The summed E-state index contributed by atoms with van der Waals surface area (Å²) in [7, 11) is 0. The van der Waals surface area contributed by atoms with E-state index in [-0.39, 0.29) is 18.3 Å². The second-order valence-electron chi connectivity index (χ2n) is 6.49. The van der Waals surface area contributed by atoms with E-state index >= 15 is 0 Å². The van der Waals surface area contributed by atoms with Crippen molar-refractivity contribution in [2.45, 2.75) is 27.3 Å². The molecular weight excluding hydrogens is 381 g/mol. The van der Waals surface area contributed by atoms with Crippen molar-refractivity contribution < 1.29 is 14.3 Å². The Kier molecular flexibility index (Phi) is 6.49. The van der Waals surface area contributed by atoms with Crippen LogP contribution < -0.4 is 10.1 Å². The Labute approximate surface area is 161 Å². The quantitative estimate of drug-likeness (QED) is 0.696. The van der Waals surface area contributed by atoms with Crippen LogP contribution in [0.3, 0.4) is 0 Å². The SMILES string of the molecule is CC(C)(C)C(=O)NCc1ccc(C(=O)COc2cc(Cl)ccc2Cl)s1. The Bertz CT molecular complexity index is 781. The first kappa shape index (κ1) is 19.8. The number of amides is 1. The van der Waals surface area contributed by atoms with Gasteiger partial charge in [0.15, 0.2) is 6.61 Å². The Morgan fingerprint density at radius 2 is 1.88 bits per heavy atom. The predicted octanol–water partition coefficient (Wildman–Crippen LogP) is 4.98. The zero-order valence-corrected chi connectivity index (χ0v) is 16.5. The van der Waals surface area contributed by atoms with Crippen LogP contribution in [-0.2, 0) is 11.3 Å². The minimum absolute atomic E-state index is 0.0345. The van der Waals surface area contributed by atoms with Crippen LogP contribution in [0.4, 0.5) is 0 Å². The summed E-state index contributed by atoms with van der Waals surface area (Å²) in [6.45, 7) is 5.82. The molecule has 25 heavy (non-hydrogen) atoms. The number of carbonyl (C=O) groups is 2. The summed E-state index contributed by atoms with van der Waals surface area (Å²) in [5.41, 5.74) is -0.444. The molecule has 0 spiro atoms. The van der Waals surface area contributed by atoms with Gasteiger partial charge in [-0.05, 0) is 24.3 Å². The molecule has 1 amide bonds. The molecule has 1 N–H and O–H groups in total. The van der Waals surface area contributed by atoms with Gasteiger partial charge in [-0.15, -0.1) is 11.3 Å². The van der Waals surface area contributed by atoms with Gasteiger partial charge in [-0.25, -0.2) is 0 Å². The first-order valence-corrected chi connectivity index (χ1v) is 9.22. The summed E-state index contributed by atoms with van der Waals surface area (Å²) in [5, 5.41) is 3.74. The number of hydrogen-bond donors (Lipinski definition) is 1. The first-order valence-electron chi connectivity index (χ1n) is 7.65. The van der Waals surface area contributed by atoms with Crippen molar-refractivity contribution in [1.29, 1.82) is 0 Å². The normalized spacial score (nSPS) is 11.2. The smallest absolute Gasteiger partial charge is 0.225 e. The van der Waals surface area contributed by atoms with E-state index in [1.54, 1.807) is 24.3 Å². The van der Waals surface area contributed by atoms with Crippen molar-refractivity contribution in [1.82, 2.24) is 5.32 Å². The topological polar surface area (TPSA) is 55.4 Å². The molecule has 1 aromatic heterocycles. The third kappa shape index (κ3) is 5.73. The molecule has 0 saturated carbocycles. The lowest BCUT2D eigenvalue weighted by molar-refractivity contribution is -0.128. The van der Waals surface area contributed by atoms with Crippen LogP contribution >= 0.6 is 34.5 Å². The van der Waals surface area contributed by atoms with E-state index in [4.69, 9.17) is 27.9 Å². The zero-order chi connectivity index (χ0) is 18.6. The van der Waals surface area contributed by atoms with Gasteiger partial charge in [0, 0.05) is 21.4 Å². The van der Waals surface area contributed by atoms with Gasteiger partial charge in [0.1, 0.15) is 5.75 Å². The van der Waals surface area contributed by atoms with Crippen LogP contribution in [0.25, 0.3) is 0 Å². The molecule has 2 aromatic rings. The third-order valence-corrected chi connectivity index (χ3v) is 4.97. The van der Waals surface area contributed by atoms with E-state index in [1.165, 1.54) is 11.3 Å². The Morgan fingerprint density at radius 1 is 1.16 bits per heavy atom. The fourth-order valence-corrected chi connectivity index (χ4v) is 3.06. The van der Waals surface area contributed by atoms with Crippen LogP contribution in [0, 0.1) is 5.41 Å². The summed E-state index contributed by atoms with van der Waals surface area (Å²) in [4.78, 5) is 25.6. The van der Waals surface area contributed by atoms with E-state index in [0.717, 1.165) is 4.88 Å². The number of benzene rings is 1. The van der Waals surface area contributed by atoms with Gasteiger partial charge in [-0.2, -0.15) is 0 Å². The van der Waals surface area contributed by atoms with Crippen LogP contribution in [-0.4, -0.2) is 18.3 Å². The second-order valence-corrected chi connectivity index (χ2v) is 8.50. The molecule has 0 unspecified atom stereocenters. The van der Waals surface area contributed by atoms with E-state index < -0.39 is 5.41 Å². The summed E-state index contributed by atoms with van der Waals surface area (Å²) in [6, 6.07) is 8.39. The van der Waals surface area contributed by atoms with Crippen LogP contribution in [0.2, 0.25) is 10.0 Å². The predicted molar refractivity (Wildman–Crippen MR) is 102 cm³/mol. The zero-order valence-electron chi connectivity index (χ0n) is 14.2. The monoisotopic (exact) mass is 399 g/mol. The standard InChI is InChI=1S/C18H19Cl2NO3S/c1-18(2,3)17(23)21-9-12-5-7-16(25-12)14(22)10-24-15-8-11(19)4-6-13(15)20/h4-8H,9-10H2,1-3H3,(H,21,23). The summed E-state index contributed by atoms with van der Waals surface area (Å²) >= 11 is 13.2. The maximum Gasteiger partial charge on any atom is 0.225 e. The maximum absolute atomic E-state index is 12.2. The van der Waals surface area contributed by atoms with Gasteiger partial charge in [0.2, 0.25) is 11.7 Å². The van der Waals surface area contributed by atoms with Crippen molar-refractivity contribution in [3.05, 3.63) is 50.1 Å². The molecule has 0 atom stereocenters. The molecule has 0 saturated heterocycles. The molecule has 1 aromatic carbocycles. The average Bonchev–Trinajstić information content (AvgIpc) is 3.01. The molecule has 4 nitrogen and oxygen atoms in total. The number of carbonyl (C=O) groups excluding carboxylic acids is 2. The van der Waals surface area contributed by atoms with Crippen molar-refractivity contribution in [2.75, 3.05) is 6.61 Å². The molecule has 2 rings (SSSR count). The summed E-state index contributed by atoms with van der Waals surface area (Å²) < 4.78 is 5.46. The van der Waals surface area contributed by atoms with Gasteiger partial charge >= 0.3 is 0 Å². The Morgan fingerprint density at radius 3 is 2.56 bits per heavy atom. The third-order valence-electron chi connectivity index (χ3n) is 3.29. The molecular formula is C18H19Cl2NO3S. The highest BCUT2D eigenvalue weighted by molar-refractivity contribution is 7.14. The number of halogens is 2. The Balaban J connectivity index is 1.92. The van der Waals surface area contributed by atoms with E-state index in [9.17, 15) is 9.59 Å². The number of thiophene rings is 1. The minimum atomic E-state index is -0.444. The van der Waals surface area contributed by atoms with E-state index in [2.05, 4.69) is 5.32 Å². The van der Waals surface area contributed by atoms with Gasteiger partial charge in [0.25, 0.3) is 0 Å². The fraction of sp³-hybridized carbons (Fsp3) is 0.333. The number of rotatable bonds is 6. The first-order chi connectivity index (χ1) is 11.7. The van der Waals surface area contributed by atoms with Gasteiger partial charge in [0.05, 0.1) is 16.4 Å². The van der Waals surface area contributed by atoms with E-state index in [0.29, 0.717) is 27.2 Å². The highest BCUT2D eigenvalue weighted by Crippen LogP contribution is 2.28. The average molecular weight is 400 g/mol. The van der Waals surface area contributed by atoms with Crippen molar-refractivity contribution in [3.8, 4) is 5.75 Å². The van der Waals surface area contributed by atoms with Crippen molar-refractivity contribution in [3.63, 3.8) is 0 Å². The fourth-order valence-electron chi connectivity index (χ4n) is 1.86. The summed E-state index contributed by atoms with van der Waals surface area (Å²) in [6.07, 6.45) is 0. The van der Waals surface area contributed by atoms with Gasteiger partial charge < -0.3 is 10.1 Å². The molecule has 7 heteroatoms. The molecule has 134 valence electrons. The molecule has 1 heterocycles. The molecule has 0 aliphatic carbocycles. The lowest BCUT2D eigenvalue weighted by atomic mass is 9.96. The highest BCUT2D eigenvalue weighted by atomic mass is 35.5. The second kappa shape index (κ2) is 8.21. The number of ketones is 1. The van der Waals surface area contributed by atoms with Crippen LogP contribution in [0.5, 0.6) is 5.75 Å². The van der Waals surface area contributed by atoms with Crippen molar-refractivity contribution >= 4 is 46.2 Å². The van der Waals surface area contributed by atoms with Crippen molar-refractivity contribution in [2.24, 2.45) is 5.41 Å².